The molecule has 0 aliphatic carbocycles. The second-order valence-corrected chi connectivity index (χ2v) is 12.2. The zero-order valence-electron chi connectivity index (χ0n) is 25.8. The topological polar surface area (TPSA) is 181 Å². The minimum atomic E-state index is -0.687. The maximum Gasteiger partial charge on any atom is 0.351 e. The number of aromatic nitrogens is 4. The summed E-state index contributed by atoms with van der Waals surface area (Å²) >= 11 is 0. The van der Waals surface area contributed by atoms with Crippen molar-refractivity contribution in [1.82, 2.24) is 19.1 Å². The largest absolute Gasteiger partial charge is 0.394 e. The van der Waals surface area contributed by atoms with Crippen molar-refractivity contribution in [2.75, 3.05) is 57.8 Å². The van der Waals surface area contributed by atoms with Crippen LogP contribution in [-0.2, 0) is 28.0 Å². The fraction of sp³-hybridized carbons (Fsp3) is 0.680. The average molecular weight is 713 g/mol. The van der Waals surface area contributed by atoms with E-state index < -0.39 is 60.5 Å². The quantitative estimate of drug-likeness (QED) is 0.233. The molecule has 45 heavy (non-hydrogen) atoms. The molecule has 254 valence electrons. The molecule has 0 amide bonds. The molecule has 0 spiro atoms. The Bertz CT molecular complexity index is 1310. The van der Waals surface area contributed by atoms with Crippen LogP contribution in [0.3, 0.4) is 0 Å². The maximum atomic E-state index is 12.3. The molecular weight excluding hydrogens is 668 g/mol. The van der Waals surface area contributed by atoms with Crippen LogP contribution in [0.15, 0.2) is 34.1 Å². The first-order valence-corrected chi connectivity index (χ1v) is 19.6. The molecule has 12 atom stereocenters. The van der Waals surface area contributed by atoms with Gasteiger partial charge >= 0.3 is 11.4 Å². The lowest BCUT2D eigenvalue weighted by Crippen LogP contribution is -2.38. The highest BCUT2D eigenvalue weighted by atomic mass is 32.0. The van der Waals surface area contributed by atoms with Crippen molar-refractivity contribution in [3.8, 4) is 0 Å². The molecule has 20 heteroatoms. The van der Waals surface area contributed by atoms with Crippen LogP contribution in [0.4, 0.5) is 11.6 Å². The number of ether oxygens (including phenoxy) is 4. The Morgan fingerprint density at radius 3 is 1.69 bits per heavy atom. The van der Waals surface area contributed by atoms with Gasteiger partial charge in [-0.25, -0.2) is 9.59 Å². The summed E-state index contributed by atoms with van der Waals surface area (Å²) in [5.41, 5.74) is -0.887. The van der Waals surface area contributed by atoms with Crippen LogP contribution in [0, 0.1) is 0 Å². The number of rotatable bonds is 14. The molecule has 2 saturated heterocycles. The number of hydrogen-bond donors (Lipinski definition) is 3. The summed E-state index contributed by atoms with van der Waals surface area (Å²) in [6, 6.07) is 3.40. The standard InChI is InChI=1S/C13H23N3O5P2.C12H21N3O5P2/c1-4-19-10-8(7-17)20-12(11(10)21-23-22)16-6-5-9(15(2)3)14-13(16)18;1-3-18-9-7(6-16)19-11(10(9)20-22-21)15-5-4-8(13-2)14-12(15)17/h5-6,8,10-12,17,23H,4,7,22H2,1-3H3;4-5,7,9-11,16,22H,3,6,21H2,1-2H3,(H,13,14,17)/t8-,10+,11?,12-;7-,9+,10?,11-/m11/s1. The van der Waals surface area contributed by atoms with Crippen molar-refractivity contribution >= 4 is 46.5 Å². The Labute approximate surface area is 269 Å². The monoisotopic (exact) mass is 712 g/mol. The van der Waals surface area contributed by atoms with E-state index in [0.29, 0.717) is 24.8 Å². The van der Waals surface area contributed by atoms with Gasteiger partial charge in [0.15, 0.2) is 12.5 Å². The van der Waals surface area contributed by atoms with Crippen LogP contribution in [0.2, 0.25) is 0 Å². The zero-order chi connectivity index (χ0) is 33.1. The zero-order valence-corrected chi connectivity index (χ0v) is 30.1. The molecule has 0 radical (unpaired) electrons. The van der Waals surface area contributed by atoms with Crippen LogP contribution in [0.25, 0.3) is 0 Å². The maximum absolute atomic E-state index is 12.3. The van der Waals surface area contributed by atoms with E-state index in [1.807, 2.05) is 27.9 Å². The molecule has 0 saturated carbocycles. The Morgan fingerprint density at radius 1 is 0.867 bits per heavy atom. The van der Waals surface area contributed by atoms with Gasteiger partial charge in [-0.15, -0.1) is 0 Å². The number of hydrogen-bond acceptors (Lipinski definition) is 14. The lowest BCUT2D eigenvalue weighted by molar-refractivity contribution is -0.0604. The first-order chi connectivity index (χ1) is 21.7. The fourth-order valence-corrected chi connectivity index (χ4v) is 6.70. The van der Waals surface area contributed by atoms with E-state index in [1.165, 1.54) is 9.13 Å². The van der Waals surface area contributed by atoms with Crippen molar-refractivity contribution in [1.29, 1.82) is 0 Å². The van der Waals surface area contributed by atoms with Gasteiger partial charge in [0, 0.05) is 63.7 Å². The molecule has 2 aliphatic rings. The highest BCUT2D eigenvalue weighted by Crippen LogP contribution is 2.39. The Balaban J connectivity index is 0.000000246. The van der Waals surface area contributed by atoms with Gasteiger partial charge in [0.05, 0.1) is 13.2 Å². The molecule has 4 rings (SSSR count). The Kier molecular flexibility index (Phi) is 16.1. The first kappa shape index (κ1) is 38.2. The van der Waals surface area contributed by atoms with Gasteiger partial charge < -0.3 is 48.4 Å². The average Bonchev–Trinajstić information content (AvgIpc) is 3.55. The number of nitrogens with one attached hydrogen (secondary N) is 1. The molecule has 0 bridgehead atoms. The molecule has 2 aromatic heterocycles. The molecular formula is C25H44N6O10P4. The Hall–Kier alpha value is -1.24. The normalized spacial score (nSPS) is 28.2. The molecule has 16 nitrogen and oxygen atoms in total. The van der Waals surface area contributed by atoms with Crippen LogP contribution in [0.1, 0.15) is 26.3 Å². The minimum Gasteiger partial charge on any atom is -0.394 e. The molecule has 6 unspecified atom stereocenters. The van der Waals surface area contributed by atoms with Crippen molar-refractivity contribution < 1.29 is 38.2 Å². The van der Waals surface area contributed by atoms with Crippen molar-refractivity contribution in [3.63, 3.8) is 0 Å². The van der Waals surface area contributed by atoms with Gasteiger partial charge in [-0.3, -0.25) is 9.13 Å². The molecule has 2 aliphatic heterocycles. The highest BCUT2D eigenvalue weighted by Gasteiger charge is 2.48. The number of aliphatic hydroxyl groups is 2. The molecule has 0 aromatic carbocycles. The lowest BCUT2D eigenvalue weighted by atomic mass is 10.1. The highest BCUT2D eigenvalue weighted by molar-refractivity contribution is 8.00. The fourth-order valence-electron chi connectivity index (χ4n) is 4.95. The first-order valence-electron chi connectivity index (χ1n) is 14.2. The third-order valence-electron chi connectivity index (χ3n) is 6.97. The second-order valence-electron chi connectivity index (χ2n) is 9.86. The van der Waals surface area contributed by atoms with E-state index in [4.69, 9.17) is 28.0 Å². The van der Waals surface area contributed by atoms with Crippen LogP contribution in [0.5, 0.6) is 0 Å². The number of anilines is 2. The summed E-state index contributed by atoms with van der Waals surface area (Å²) in [7, 11) is 10.5. The third kappa shape index (κ3) is 9.44. The van der Waals surface area contributed by atoms with Gasteiger partial charge in [-0.1, -0.05) is 17.9 Å². The molecule has 3 N–H and O–H groups in total. The van der Waals surface area contributed by atoms with E-state index >= 15 is 0 Å². The summed E-state index contributed by atoms with van der Waals surface area (Å²) in [6.45, 7) is 4.22. The molecule has 4 heterocycles. The van der Waals surface area contributed by atoms with E-state index in [9.17, 15) is 19.8 Å². The molecule has 2 fully saturated rings. The second kappa shape index (κ2) is 18.9. The van der Waals surface area contributed by atoms with Crippen LogP contribution in [-0.4, -0.2) is 114 Å². The van der Waals surface area contributed by atoms with Gasteiger partial charge in [0.2, 0.25) is 0 Å². The smallest absolute Gasteiger partial charge is 0.351 e. The predicted molar refractivity (Wildman–Crippen MR) is 179 cm³/mol. The van der Waals surface area contributed by atoms with E-state index in [2.05, 4.69) is 33.1 Å². The van der Waals surface area contributed by atoms with E-state index in [1.54, 1.807) is 36.5 Å². The van der Waals surface area contributed by atoms with Crippen LogP contribution < -0.4 is 21.6 Å². The van der Waals surface area contributed by atoms with Gasteiger partial charge in [0.25, 0.3) is 0 Å². The Morgan fingerprint density at radius 2 is 1.33 bits per heavy atom. The minimum absolute atomic E-state index is 0.126. The van der Waals surface area contributed by atoms with Crippen molar-refractivity contribution in [3.05, 3.63) is 45.5 Å². The summed E-state index contributed by atoms with van der Waals surface area (Å²) in [5.74, 6) is 1.04. The number of aliphatic hydroxyl groups excluding tert-OH is 2. The van der Waals surface area contributed by atoms with Gasteiger partial charge in [0.1, 0.15) is 48.3 Å². The van der Waals surface area contributed by atoms with E-state index in [0.717, 1.165) is 0 Å². The summed E-state index contributed by atoms with van der Waals surface area (Å²) in [4.78, 5) is 34.2. The summed E-state index contributed by atoms with van der Waals surface area (Å²) in [5, 5.41) is 21.8. The lowest BCUT2D eigenvalue weighted by Gasteiger charge is -2.24. The van der Waals surface area contributed by atoms with Crippen molar-refractivity contribution in [2.45, 2.75) is 62.9 Å². The number of nitrogens with zero attached hydrogens (tertiary/aromatic N) is 5. The van der Waals surface area contributed by atoms with Gasteiger partial charge in [-0.05, 0) is 26.0 Å². The summed E-state index contributed by atoms with van der Waals surface area (Å²) < 4.78 is 37.1. The van der Waals surface area contributed by atoms with Gasteiger partial charge in [-0.2, -0.15) is 9.97 Å². The third-order valence-corrected chi connectivity index (χ3v) is 8.60. The van der Waals surface area contributed by atoms with Crippen molar-refractivity contribution in [2.24, 2.45) is 0 Å². The van der Waals surface area contributed by atoms with Crippen LogP contribution >= 0.6 is 34.8 Å². The van der Waals surface area contributed by atoms with E-state index in [-0.39, 0.29) is 30.2 Å². The predicted octanol–water partition coefficient (Wildman–Crippen LogP) is 0.721. The molecule has 2 aromatic rings. The SMILES string of the molecule is CCO[C@@H]1C(OPP)[C@H](n2ccc(N(C)C)nc2=O)O[C@@H]1CO.CCO[C@@H]1C(OPP)[C@H](n2ccc(NC)nc2=O)O[C@@H]1CO. The summed E-state index contributed by atoms with van der Waals surface area (Å²) in [6.07, 6.45) is -1.12.